The highest BCUT2D eigenvalue weighted by Crippen LogP contribution is 2.34. The van der Waals surface area contributed by atoms with Crippen LogP contribution in [0.5, 0.6) is 0 Å². The molecule has 134 valence electrons. The van der Waals surface area contributed by atoms with Crippen molar-refractivity contribution in [2.24, 2.45) is 0 Å². The van der Waals surface area contributed by atoms with Gasteiger partial charge in [0, 0.05) is 28.6 Å². The average Bonchev–Trinajstić information content (AvgIpc) is 2.56. The lowest BCUT2D eigenvalue weighted by atomic mass is 10.1. The number of sulfone groups is 1. The van der Waals surface area contributed by atoms with E-state index in [1.54, 1.807) is 42.5 Å². The molecule has 3 rings (SSSR count). The minimum Gasteiger partial charge on any atom is -0.324 e. The number of rotatable bonds is 4. The van der Waals surface area contributed by atoms with Crippen LogP contribution in [0.15, 0.2) is 53.6 Å². The van der Waals surface area contributed by atoms with Crippen LogP contribution in [0.4, 0.5) is 11.6 Å². The van der Waals surface area contributed by atoms with Gasteiger partial charge in [-0.25, -0.2) is 18.4 Å². The fourth-order valence-corrected chi connectivity index (χ4v) is 3.50. The fourth-order valence-electron chi connectivity index (χ4n) is 2.20. The van der Waals surface area contributed by atoms with E-state index in [1.165, 1.54) is 6.07 Å². The number of nitrogens with one attached hydrogen (secondary N) is 1. The van der Waals surface area contributed by atoms with E-state index < -0.39 is 9.84 Å². The van der Waals surface area contributed by atoms with Gasteiger partial charge >= 0.3 is 0 Å². The first-order valence-electron chi connectivity index (χ1n) is 7.30. The Hall–Kier alpha value is -1.86. The first-order chi connectivity index (χ1) is 12.2. The van der Waals surface area contributed by atoms with Gasteiger partial charge in [-0.3, -0.25) is 0 Å². The summed E-state index contributed by atoms with van der Waals surface area (Å²) in [5, 5.41) is 4.10. The van der Waals surface area contributed by atoms with Gasteiger partial charge in [0.05, 0.1) is 15.7 Å². The van der Waals surface area contributed by atoms with Crippen molar-refractivity contribution < 1.29 is 8.42 Å². The van der Waals surface area contributed by atoms with E-state index in [4.69, 9.17) is 34.8 Å². The van der Waals surface area contributed by atoms with Crippen LogP contribution in [0.1, 0.15) is 0 Å². The van der Waals surface area contributed by atoms with Crippen LogP contribution in [-0.2, 0) is 9.84 Å². The van der Waals surface area contributed by atoms with Crippen LogP contribution in [0, 0.1) is 0 Å². The molecule has 0 aliphatic rings. The van der Waals surface area contributed by atoms with Crippen LogP contribution in [0.25, 0.3) is 11.3 Å². The lowest BCUT2D eigenvalue weighted by molar-refractivity contribution is 0.598. The summed E-state index contributed by atoms with van der Waals surface area (Å²) in [5.74, 6) is 0.0984. The van der Waals surface area contributed by atoms with Gasteiger partial charge in [0.15, 0.2) is 14.9 Å². The Bertz CT molecular complexity index is 1050. The second kappa shape index (κ2) is 7.40. The first kappa shape index (κ1) is 18.9. The third kappa shape index (κ3) is 4.27. The van der Waals surface area contributed by atoms with E-state index in [1.807, 2.05) is 0 Å². The minimum atomic E-state index is -3.58. The summed E-state index contributed by atoms with van der Waals surface area (Å²) in [5.41, 5.74) is 1.38. The Kier molecular flexibility index (Phi) is 5.39. The first-order valence-corrected chi connectivity index (χ1v) is 10.3. The van der Waals surface area contributed by atoms with Crippen LogP contribution >= 0.6 is 34.8 Å². The molecule has 0 saturated heterocycles. The number of nitrogens with zero attached hydrogens (tertiary/aromatic N) is 2. The van der Waals surface area contributed by atoms with Crippen LogP contribution in [-0.4, -0.2) is 24.6 Å². The molecule has 0 radical (unpaired) electrons. The largest absolute Gasteiger partial charge is 0.324 e. The van der Waals surface area contributed by atoms with Crippen molar-refractivity contribution in [3.63, 3.8) is 0 Å². The van der Waals surface area contributed by atoms with Crippen LogP contribution in [0.3, 0.4) is 0 Å². The van der Waals surface area contributed by atoms with Crippen molar-refractivity contribution in [1.82, 2.24) is 9.97 Å². The molecule has 0 fully saturated rings. The molecule has 0 saturated carbocycles. The van der Waals surface area contributed by atoms with E-state index in [9.17, 15) is 8.42 Å². The molecule has 2 aromatic carbocycles. The molecule has 1 N–H and O–H groups in total. The highest BCUT2D eigenvalue weighted by Gasteiger charge is 2.17. The molecule has 1 aromatic heterocycles. The third-order valence-corrected chi connectivity index (χ3v) is 5.25. The Balaban J connectivity index is 2.15. The fraction of sp³-hybridized carbons (Fsp3) is 0.0588. The maximum Gasteiger partial charge on any atom is 0.229 e. The summed E-state index contributed by atoms with van der Waals surface area (Å²) < 4.78 is 24.1. The molecule has 0 aliphatic heterocycles. The molecule has 0 amide bonds. The lowest BCUT2D eigenvalue weighted by Crippen LogP contribution is -2.06. The van der Waals surface area contributed by atoms with E-state index in [2.05, 4.69) is 15.3 Å². The standard InChI is InChI=1S/C17H12Cl3N3O2S/c1-26(24,25)15-9-14(16-12(19)3-2-4-13(16)20)22-17(23-15)21-11-7-5-10(18)6-8-11/h2-9H,1H3,(H,21,22,23). The van der Waals surface area contributed by atoms with Gasteiger partial charge in [-0.1, -0.05) is 40.9 Å². The van der Waals surface area contributed by atoms with Crippen LogP contribution in [0.2, 0.25) is 15.1 Å². The molecule has 0 spiro atoms. The quantitative estimate of drug-likeness (QED) is 0.575. The molecule has 1 heterocycles. The number of aromatic nitrogens is 2. The summed E-state index contributed by atoms with van der Waals surface area (Å²) in [7, 11) is -3.58. The predicted molar refractivity (Wildman–Crippen MR) is 105 cm³/mol. The maximum absolute atomic E-state index is 12.0. The van der Waals surface area contributed by atoms with Gasteiger partial charge in [0.1, 0.15) is 0 Å². The molecule has 5 nitrogen and oxygen atoms in total. The van der Waals surface area contributed by atoms with Gasteiger partial charge < -0.3 is 5.32 Å². The second-order valence-electron chi connectivity index (χ2n) is 5.42. The lowest BCUT2D eigenvalue weighted by Gasteiger charge is -2.11. The normalized spacial score (nSPS) is 11.4. The van der Waals surface area contributed by atoms with Crippen LogP contribution < -0.4 is 5.32 Å². The van der Waals surface area contributed by atoms with E-state index in [-0.39, 0.29) is 11.0 Å². The van der Waals surface area contributed by atoms with Crippen molar-refractivity contribution in [3.8, 4) is 11.3 Å². The van der Waals surface area contributed by atoms with Crippen molar-refractivity contribution in [3.05, 3.63) is 63.6 Å². The number of hydrogen-bond donors (Lipinski definition) is 1. The molecule has 3 aromatic rings. The highest BCUT2D eigenvalue weighted by atomic mass is 35.5. The van der Waals surface area contributed by atoms with Crippen molar-refractivity contribution in [2.75, 3.05) is 11.6 Å². The van der Waals surface area contributed by atoms with E-state index >= 15 is 0 Å². The van der Waals surface area contributed by atoms with Crippen molar-refractivity contribution in [2.45, 2.75) is 5.03 Å². The Morgan fingerprint density at radius 2 is 1.54 bits per heavy atom. The van der Waals surface area contributed by atoms with Gasteiger partial charge in [0.25, 0.3) is 0 Å². The summed E-state index contributed by atoms with van der Waals surface area (Å²) in [4.78, 5) is 8.45. The Morgan fingerprint density at radius 1 is 0.923 bits per heavy atom. The monoisotopic (exact) mass is 427 g/mol. The summed E-state index contributed by atoms with van der Waals surface area (Å²) in [6, 6.07) is 13.2. The molecule has 0 atom stereocenters. The zero-order chi connectivity index (χ0) is 18.9. The van der Waals surface area contributed by atoms with Crippen molar-refractivity contribution >= 4 is 56.3 Å². The zero-order valence-electron chi connectivity index (χ0n) is 13.4. The zero-order valence-corrected chi connectivity index (χ0v) is 16.5. The van der Waals surface area contributed by atoms with E-state index in [0.29, 0.717) is 32.0 Å². The smallest absolute Gasteiger partial charge is 0.229 e. The number of hydrogen-bond acceptors (Lipinski definition) is 5. The van der Waals surface area contributed by atoms with Crippen molar-refractivity contribution in [1.29, 1.82) is 0 Å². The average molecular weight is 429 g/mol. The molecule has 0 bridgehead atoms. The summed E-state index contributed by atoms with van der Waals surface area (Å²) in [6.07, 6.45) is 1.07. The molecule has 0 unspecified atom stereocenters. The van der Waals surface area contributed by atoms with Gasteiger partial charge in [0.2, 0.25) is 5.95 Å². The Labute approximate surface area is 165 Å². The third-order valence-electron chi connectivity index (χ3n) is 3.40. The highest BCUT2D eigenvalue weighted by molar-refractivity contribution is 7.90. The van der Waals surface area contributed by atoms with Gasteiger partial charge in [-0.2, -0.15) is 0 Å². The summed E-state index contributed by atoms with van der Waals surface area (Å²) in [6.45, 7) is 0. The second-order valence-corrected chi connectivity index (χ2v) is 8.63. The molecular weight excluding hydrogens is 417 g/mol. The summed E-state index contributed by atoms with van der Waals surface area (Å²) >= 11 is 18.3. The maximum atomic E-state index is 12.0. The molecule has 26 heavy (non-hydrogen) atoms. The number of benzene rings is 2. The number of anilines is 2. The van der Waals surface area contributed by atoms with Gasteiger partial charge in [-0.05, 0) is 36.4 Å². The topological polar surface area (TPSA) is 72.0 Å². The molecular formula is C17H12Cl3N3O2S. The minimum absolute atomic E-state index is 0.0984. The Morgan fingerprint density at radius 3 is 2.12 bits per heavy atom. The molecule has 0 aliphatic carbocycles. The van der Waals surface area contributed by atoms with E-state index in [0.717, 1.165) is 6.26 Å². The van der Waals surface area contributed by atoms with Gasteiger partial charge in [-0.15, -0.1) is 0 Å². The number of halogens is 3. The predicted octanol–water partition coefficient (Wildman–Crippen LogP) is 5.25. The SMILES string of the molecule is CS(=O)(=O)c1cc(-c2c(Cl)cccc2Cl)nc(Nc2ccc(Cl)cc2)n1. The molecule has 9 heteroatoms.